The van der Waals surface area contributed by atoms with Crippen LogP contribution in [0.1, 0.15) is 6.42 Å². The van der Waals surface area contributed by atoms with Gasteiger partial charge in [0.05, 0.1) is 19.1 Å². The van der Waals surface area contributed by atoms with Gasteiger partial charge in [0.15, 0.2) is 0 Å². The molecule has 0 saturated carbocycles. The maximum Gasteiger partial charge on any atom is 0.321 e. The number of rotatable bonds is 6. The van der Waals surface area contributed by atoms with Crippen molar-refractivity contribution in [1.29, 1.82) is 0 Å². The minimum atomic E-state index is -1.42. The number of aliphatic hydroxyl groups is 3. The Morgan fingerprint density at radius 3 is 2.35 bits per heavy atom. The molecule has 1 rings (SSSR count). The van der Waals surface area contributed by atoms with E-state index in [2.05, 4.69) is 5.32 Å². The van der Waals surface area contributed by atoms with Crippen molar-refractivity contribution in [3.63, 3.8) is 0 Å². The van der Waals surface area contributed by atoms with Crippen LogP contribution in [0.3, 0.4) is 0 Å². The Hall–Kier alpha value is -1.30. The van der Waals surface area contributed by atoms with E-state index < -0.39 is 61.5 Å². The molecular weight excluding hydrogens is 274 g/mol. The average Bonchev–Trinajstić information content (AvgIpc) is 2.37. The summed E-state index contributed by atoms with van der Waals surface area (Å²) in [5.74, 6) is -2.19. The van der Waals surface area contributed by atoms with Gasteiger partial charge in [0, 0.05) is 0 Å². The molecule has 10 heteroatoms. The van der Waals surface area contributed by atoms with Gasteiger partial charge >= 0.3 is 5.97 Å². The molecule has 0 aromatic rings. The van der Waals surface area contributed by atoms with Crippen molar-refractivity contribution in [3.8, 4) is 0 Å². The molecule has 0 spiro atoms. The lowest BCUT2D eigenvalue weighted by atomic mass is 9.96. The van der Waals surface area contributed by atoms with Crippen LogP contribution < -0.4 is 16.8 Å². The van der Waals surface area contributed by atoms with Gasteiger partial charge in [-0.1, -0.05) is 0 Å². The zero-order valence-corrected chi connectivity index (χ0v) is 10.5. The monoisotopic (exact) mass is 293 g/mol. The molecule has 1 aliphatic rings. The molecule has 1 heterocycles. The van der Waals surface area contributed by atoms with Gasteiger partial charge < -0.3 is 36.6 Å². The third kappa shape index (κ3) is 3.85. The fraction of sp³-hybridized carbons (Fsp3) is 0.800. The lowest BCUT2D eigenvalue weighted by molar-refractivity contribution is -0.199. The minimum Gasteiger partial charge on any atom is -0.480 e. The second-order valence-electron chi connectivity index (χ2n) is 4.56. The Morgan fingerprint density at radius 1 is 1.30 bits per heavy atom. The molecule has 116 valence electrons. The zero-order valence-electron chi connectivity index (χ0n) is 10.5. The molecule has 0 radical (unpaired) electrons. The highest BCUT2D eigenvalue weighted by molar-refractivity contribution is 5.83. The molecule has 9 N–H and O–H groups in total. The summed E-state index contributed by atoms with van der Waals surface area (Å²) < 4.78 is 5.18. The molecule has 20 heavy (non-hydrogen) atoms. The Kier molecular flexibility index (Phi) is 5.80. The van der Waals surface area contributed by atoms with E-state index in [0.717, 1.165) is 0 Å². The van der Waals surface area contributed by atoms with Crippen molar-refractivity contribution in [3.05, 3.63) is 0 Å². The Balaban J connectivity index is 2.77. The molecule has 0 bridgehead atoms. The number of aliphatic carboxylic acids is 1. The van der Waals surface area contributed by atoms with Crippen molar-refractivity contribution >= 4 is 11.9 Å². The van der Waals surface area contributed by atoms with E-state index >= 15 is 0 Å². The van der Waals surface area contributed by atoms with Crippen molar-refractivity contribution < 1.29 is 34.8 Å². The van der Waals surface area contributed by atoms with Gasteiger partial charge in [0.1, 0.15) is 30.6 Å². The van der Waals surface area contributed by atoms with E-state index in [1.807, 2.05) is 0 Å². The van der Waals surface area contributed by atoms with Gasteiger partial charge in [-0.05, 0) is 0 Å². The summed E-state index contributed by atoms with van der Waals surface area (Å²) in [6, 6.07) is -2.49. The molecule has 0 aromatic heterocycles. The van der Waals surface area contributed by atoms with Crippen LogP contribution in [0.25, 0.3) is 0 Å². The highest BCUT2D eigenvalue weighted by Gasteiger charge is 2.43. The van der Waals surface area contributed by atoms with Gasteiger partial charge in [-0.25, -0.2) is 0 Å². The zero-order chi connectivity index (χ0) is 15.4. The number of hydrogen-bond acceptors (Lipinski definition) is 8. The van der Waals surface area contributed by atoms with E-state index in [4.69, 9.17) is 26.4 Å². The normalized spacial score (nSPS) is 35.5. The summed E-state index contributed by atoms with van der Waals surface area (Å²) in [6.45, 7) is -0.587. The van der Waals surface area contributed by atoms with Crippen LogP contribution in [0, 0.1) is 0 Å². The maximum atomic E-state index is 11.0. The summed E-state index contributed by atoms with van der Waals surface area (Å²) in [5, 5.41) is 39.7. The quantitative estimate of drug-likeness (QED) is 0.254. The molecule has 6 atom stereocenters. The highest BCUT2D eigenvalue weighted by atomic mass is 16.5. The molecular formula is C10H19N3O7. The lowest BCUT2D eigenvalue weighted by Crippen LogP contribution is -2.67. The van der Waals surface area contributed by atoms with Crippen molar-refractivity contribution in [2.24, 2.45) is 11.5 Å². The summed E-state index contributed by atoms with van der Waals surface area (Å²) in [4.78, 5) is 21.8. The van der Waals surface area contributed by atoms with Gasteiger partial charge in [-0.3, -0.25) is 14.9 Å². The van der Waals surface area contributed by atoms with Gasteiger partial charge in [-0.2, -0.15) is 0 Å². The number of carboxylic acid groups (broad SMARTS) is 1. The second kappa shape index (κ2) is 6.92. The van der Waals surface area contributed by atoms with E-state index in [1.54, 1.807) is 0 Å². The Labute approximate surface area is 114 Å². The van der Waals surface area contributed by atoms with Gasteiger partial charge in [0.25, 0.3) is 0 Å². The first-order valence-corrected chi connectivity index (χ1v) is 5.93. The first kappa shape index (κ1) is 16.8. The van der Waals surface area contributed by atoms with Crippen LogP contribution in [-0.2, 0) is 14.3 Å². The average molecular weight is 293 g/mol. The predicted molar refractivity (Wildman–Crippen MR) is 64.1 cm³/mol. The highest BCUT2D eigenvalue weighted by Crippen LogP contribution is 2.19. The Morgan fingerprint density at radius 2 is 1.90 bits per heavy atom. The minimum absolute atomic E-state index is 0.496. The van der Waals surface area contributed by atoms with Crippen LogP contribution in [0.15, 0.2) is 0 Å². The van der Waals surface area contributed by atoms with Crippen molar-refractivity contribution in [2.75, 3.05) is 6.61 Å². The lowest BCUT2D eigenvalue weighted by Gasteiger charge is -2.41. The van der Waals surface area contributed by atoms with Crippen molar-refractivity contribution in [2.45, 2.75) is 43.0 Å². The van der Waals surface area contributed by atoms with E-state index in [0.29, 0.717) is 0 Å². The topological polar surface area (TPSA) is 188 Å². The molecule has 2 unspecified atom stereocenters. The summed E-state index contributed by atoms with van der Waals surface area (Å²) in [6.07, 6.45) is -5.59. The SMILES string of the molecule is NC(=O)CC(NC1O[C@@H](CO)[C@H](O)[C@@H](O)[C@@H]1N)C(=O)O. The summed E-state index contributed by atoms with van der Waals surface area (Å²) in [7, 11) is 0. The molecule has 0 aromatic carbocycles. The van der Waals surface area contributed by atoms with Crippen LogP contribution in [0.4, 0.5) is 0 Å². The number of ether oxygens (including phenoxy) is 1. The van der Waals surface area contributed by atoms with Gasteiger partial charge in [0.2, 0.25) is 5.91 Å². The van der Waals surface area contributed by atoms with Crippen LogP contribution in [-0.4, -0.2) is 75.5 Å². The number of aliphatic hydroxyl groups excluding tert-OH is 3. The van der Waals surface area contributed by atoms with E-state index in [1.165, 1.54) is 0 Å². The van der Waals surface area contributed by atoms with Crippen LogP contribution in [0.5, 0.6) is 0 Å². The predicted octanol–water partition coefficient (Wildman–Crippen LogP) is -4.33. The van der Waals surface area contributed by atoms with Crippen LogP contribution >= 0.6 is 0 Å². The van der Waals surface area contributed by atoms with E-state index in [-0.39, 0.29) is 0 Å². The molecule has 1 saturated heterocycles. The number of carboxylic acids is 1. The fourth-order valence-corrected chi connectivity index (χ4v) is 1.90. The van der Waals surface area contributed by atoms with Crippen molar-refractivity contribution in [1.82, 2.24) is 5.32 Å². The molecule has 10 nitrogen and oxygen atoms in total. The first-order valence-electron chi connectivity index (χ1n) is 5.93. The fourth-order valence-electron chi connectivity index (χ4n) is 1.90. The van der Waals surface area contributed by atoms with Gasteiger partial charge in [-0.15, -0.1) is 0 Å². The number of nitrogens with two attached hydrogens (primary N) is 2. The Bertz CT molecular complexity index is 365. The summed E-state index contributed by atoms with van der Waals surface area (Å²) >= 11 is 0. The molecule has 0 aliphatic carbocycles. The van der Waals surface area contributed by atoms with E-state index in [9.17, 15) is 19.8 Å². The largest absolute Gasteiger partial charge is 0.480 e. The third-order valence-electron chi connectivity index (χ3n) is 3.04. The number of hydrogen-bond donors (Lipinski definition) is 7. The molecule has 1 amide bonds. The maximum absolute atomic E-state index is 11.0. The third-order valence-corrected chi connectivity index (χ3v) is 3.04. The van der Waals surface area contributed by atoms with Crippen LogP contribution in [0.2, 0.25) is 0 Å². The number of carbonyl (C=O) groups excluding carboxylic acids is 1. The standard InChI is InChI=1S/C10H19N3O7/c11-5(15)1-3(10(18)19)13-9-6(12)8(17)7(16)4(2-14)20-9/h3-4,6-9,13-14,16-17H,1-2,12H2,(H2,11,15)(H,18,19)/t3?,4-,6-,7-,8-,9?/m0/s1. The first-order chi connectivity index (χ1) is 9.27. The molecule has 1 aliphatic heterocycles. The smallest absolute Gasteiger partial charge is 0.321 e. The second-order valence-corrected chi connectivity index (χ2v) is 4.56. The number of carbonyl (C=O) groups is 2. The summed E-state index contributed by atoms with van der Waals surface area (Å²) in [5.41, 5.74) is 10.6. The molecule has 1 fully saturated rings. The number of nitrogens with one attached hydrogen (secondary N) is 1. The number of amides is 1. The number of primary amides is 1.